The minimum absolute atomic E-state index is 0.120. The van der Waals surface area contributed by atoms with E-state index in [1.54, 1.807) is 42.5 Å². The number of ether oxygens (including phenoxy) is 1. The zero-order valence-electron chi connectivity index (χ0n) is 12.9. The first kappa shape index (κ1) is 16.8. The summed E-state index contributed by atoms with van der Waals surface area (Å²) in [4.78, 5) is 23.1. The molecular formula is C17H17ClN2O3. The Labute approximate surface area is 139 Å². The van der Waals surface area contributed by atoms with Crippen LogP contribution in [0.5, 0.6) is 5.75 Å². The third kappa shape index (κ3) is 5.00. The predicted octanol–water partition coefficient (Wildman–Crippen LogP) is 3.62. The highest BCUT2D eigenvalue weighted by molar-refractivity contribution is 6.30. The van der Waals surface area contributed by atoms with Gasteiger partial charge in [0.05, 0.1) is 0 Å². The Morgan fingerprint density at radius 1 is 1.04 bits per heavy atom. The summed E-state index contributed by atoms with van der Waals surface area (Å²) in [7, 11) is 0. The van der Waals surface area contributed by atoms with Gasteiger partial charge in [0.25, 0.3) is 5.91 Å². The molecule has 2 amide bonds. The first-order chi connectivity index (χ1) is 11.0. The number of hydrogen-bond donors (Lipinski definition) is 2. The molecule has 0 aliphatic heterocycles. The molecule has 0 radical (unpaired) electrons. The number of amides is 2. The van der Waals surface area contributed by atoms with Gasteiger partial charge in [-0.2, -0.15) is 0 Å². The Balaban J connectivity index is 1.97. The third-order valence-electron chi connectivity index (χ3n) is 3.10. The molecule has 0 aliphatic rings. The number of carbonyl (C=O) groups is 2. The van der Waals surface area contributed by atoms with Crippen LogP contribution >= 0.6 is 11.6 Å². The molecule has 0 atom stereocenters. The zero-order valence-corrected chi connectivity index (χ0v) is 13.6. The average molecular weight is 333 g/mol. The van der Waals surface area contributed by atoms with Gasteiger partial charge in [-0.25, -0.2) is 0 Å². The quantitative estimate of drug-likeness (QED) is 0.878. The Kier molecular flexibility index (Phi) is 5.60. The first-order valence-electron chi connectivity index (χ1n) is 7.01. The van der Waals surface area contributed by atoms with E-state index in [0.29, 0.717) is 22.1 Å². The van der Waals surface area contributed by atoms with Crippen LogP contribution in [0.25, 0.3) is 0 Å². The topological polar surface area (TPSA) is 67.4 Å². The molecular weight excluding hydrogens is 316 g/mol. The van der Waals surface area contributed by atoms with Gasteiger partial charge >= 0.3 is 0 Å². The minimum atomic E-state index is -0.289. The molecule has 0 saturated heterocycles. The summed E-state index contributed by atoms with van der Waals surface area (Å²) in [6.07, 6.45) is 0. The molecule has 0 unspecified atom stereocenters. The molecule has 2 N–H and O–H groups in total. The lowest BCUT2D eigenvalue weighted by molar-refractivity contribution is -0.118. The largest absolute Gasteiger partial charge is 0.484 e. The minimum Gasteiger partial charge on any atom is -0.484 e. The second-order valence-electron chi connectivity index (χ2n) is 4.95. The van der Waals surface area contributed by atoms with Crippen LogP contribution in [0.15, 0.2) is 42.5 Å². The van der Waals surface area contributed by atoms with Crippen molar-refractivity contribution in [3.05, 3.63) is 53.1 Å². The van der Waals surface area contributed by atoms with E-state index in [0.717, 1.165) is 5.56 Å². The number of hydrogen-bond acceptors (Lipinski definition) is 3. The normalized spacial score (nSPS) is 10.0. The van der Waals surface area contributed by atoms with Crippen LogP contribution in [0.2, 0.25) is 5.02 Å². The van der Waals surface area contributed by atoms with E-state index in [1.807, 2.05) is 6.92 Å². The van der Waals surface area contributed by atoms with Gasteiger partial charge < -0.3 is 15.4 Å². The van der Waals surface area contributed by atoms with Crippen LogP contribution < -0.4 is 15.4 Å². The molecule has 120 valence electrons. The maximum Gasteiger partial charge on any atom is 0.262 e. The van der Waals surface area contributed by atoms with E-state index < -0.39 is 0 Å². The smallest absolute Gasteiger partial charge is 0.262 e. The molecule has 0 bridgehead atoms. The third-order valence-corrected chi connectivity index (χ3v) is 3.35. The van der Waals surface area contributed by atoms with Crippen molar-refractivity contribution in [1.82, 2.24) is 0 Å². The Morgan fingerprint density at radius 3 is 2.26 bits per heavy atom. The molecule has 23 heavy (non-hydrogen) atoms. The second kappa shape index (κ2) is 7.65. The summed E-state index contributed by atoms with van der Waals surface area (Å²) >= 11 is 5.79. The fraction of sp³-hybridized carbons (Fsp3) is 0.176. The Bertz CT molecular complexity index is 714. The lowest BCUT2D eigenvalue weighted by Gasteiger charge is -2.13. The van der Waals surface area contributed by atoms with E-state index >= 15 is 0 Å². The van der Waals surface area contributed by atoms with Crippen molar-refractivity contribution in [2.24, 2.45) is 0 Å². The van der Waals surface area contributed by atoms with Crippen molar-refractivity contribution in [2.75, 3.05) is 17.2 Å². The average Bonchev–Trinajstić information content (AvgIpc) is 2.50. The molecule has 0 spiro atoms. The van der Waals surface area contributed by atoms with E-state index in [9.17, 15) is 9.59 Å². The van der Waals surface area contributed by atoms with Gasteiger partial charge in [-0.05, 0) is 48.9 Å². The fourth-order valence-corrected chi connectivity index (χ4v) is 2.09. The maximum absolute atomic E-state index is 12.0. The van der Waals surface area contributed by atoms with Crippen molar-refractivity contribution < 1.29 is 14.3 Å². The molecule has 6 heteroatoms. The number of nitrogens with one attached hydrogen (secondary N) is 2. The highest BCUT2D eigenvalue weighted by Crippen LogP contribution is 2.23. The Morgan fingerprint density at radius 2 is 1.65 bits per heavy atom. The van der Waals surface area contributed by atoms with Crippen LogP contribution in [0.4, 0.5) is 11.4 Å². The summed E-state index contributed by atoms with van der Waals surface area (Å²) in [6, 6.07) is 12.1. The molecule has 0 aliphatic carbocycles. The van der Waals surface area contributed by atoms with Crippen LogP contribution in [0.3, 0.4) is 0 Å². The van der Waals surface area contributed by atoms with Gasteiger partial charge in [-0.15, -0.1) is 0 Å². The summed E-state index contributed by atoms with van der Waals surface area (Å²) in [5, 5.41) is 6.08. The number of anilines is 2. The molecule has 0 heterocycles. The summed E-state index contributed by atoms with van der Waals surface area (Å²) in [5.41, 5.74) is 2.07. The molecule has 5 nitrogen and oxygen atoms in total. The first-order valence-corrected chi connectivity index (χ1v) is 7.39. The molecule has 0 saturated carbocycles. The highest BCUT2D eigenvalue weighted by Gasteiger charge is 2.09. The summed E-state index contributed by atoms with van der Waals surface area (Å²) < 4.78 is 5.39. The van der Waals surface area contributed by atoms with Crippen LogP contribution in [0, 0.1) is 6.92 Å². The van der Waals surface area contributed by atoms with Crippen molar-refractivity contribution in [3.63, 3.8) is 0 Å². The monoisotopic (exact) mass is 332 g/mol. The second-order valence-corrected chi connectivity index (χ2v) is 5.39. The molecule has 2 aromatic rings. The van der Waals surface area contributed by atoms with Crippen molar-refractivity contribution >= 4 is 34.8 Å². The maximum atomic E-state index is 12.0. The summed E-state index contributed by atoms with van der Waals surface area (Å²) in [5.74, 6) is 0.110. The van der Waals surface area contributed by atoms with Gasteiger partial charge in [0.1, 0.15) is 5.75 Å². The molecule has 2 rings (SSSR count). The van der Waals surface area contributed by atoms with Gasteiger partial charge in [-0.1, -0.05) is 17.7 Å². The molecule has 2 aromatic carbocycles. The van der Waals surface area contributed by atoms with Gasteiger partial charge in [0.15, 0.2) is 6.61 Å². The van der Waals surface area contributed by atoms with E-state index in [1.165, 1.54) is 6.92 Å². The standard InChI is InChI=1S/C17H17ClN2O3/c1-11-15(19-12(2)21)4-3-5-16(11)20-17(22)10-23-14-8-6-13(18)7-9-14/h3-9H,10H2,1-2H3,(H,19,21)(H,20,22). The zero-order chi connectivity index (χ0) is 16.8. The van der Waals surface area contributed by atoms with Gasteiger partial charge in [0, 0.05) is 23.3 Å². The number of carbonyl (C=O) groups excluding carboxylic acids is 2. The SMILES string of the molecule is CC(=O)Nc1cccc(NC(=O)COc2ccc(Cl)cc2)c1C. The van der Waals surface area contributed by atoms with E-state index in [2.05, 4.69) is 10.6 Å². The molecule has 0 fully saturated rings. The van der Waals surface area contributed by atoms with Crippen LogP contribution in [-0.2, 0) is 9.59 Å². The van der Waals surface area contributed by atoms with Gasteiger partial charge in [-0.3, -0.25) is 9.59 Å². The van der Waals surface area contributed by atoms with Gasteiger partial charge in [0.2, 0.25) is 5.91 Å². The molecule has 0 aromatic heterocycles. The van der Waals surface area contributed by atoms with Crippen molar-refractivity contribution in [1.29, 1.82) is 0 Å². The van der Waals surface area contributed by atoms with Crippen molar-refractivity contribution in [3.8, 4) is 5.75 Å². The van der Waals surface area contributed by atoms with E-state index in [-0.39, 0.29) is 18.4 Å². The fourth-order valence-electron chi connectivity index (χ4n) is 1.96. The Hall–Kier alpha value is -2.53. The van der Waals surface area contributed by atoms with Crippen LogP contribution in [-0.4, -0.2) is 18.4 Å². The van der Waals surface area contributed by atoms with E-state index in [4.69, 9.17) is 16.3 Å². The highest BCUT2D eigenvalue weighted by atomic mass is 35.5. The van der Waals surface area contributed by atoms with Crippen molar-refractivity contribution in [2.45, 2.75) is 13.8 Å². The number of halogens is 1. The number of rotatable bonds is 5. The number of benzene rings is 2. The van der Waals surface area contributed by atoms with Crippen LogP contribution in [0.1, 0.15) is 12.5 Å². The predicted molar refractivity (Wildman–Crippen MR) is 91.1 cm³/mol. The summed E-state index contributed by atoms with van der Waals surface area (Å²) in [6.45, 7) is 3.14. The lowest BCUT2D eigenvalue weighted by Crippen LogP contribution is -2.21. The lowest BCUT2D eigenvalue weighted by atomic mass is 10.1.